The first-order chi connectivity index (χ1) is 35.3. The molecular weight excluding hydrogens is 1210 g/mol. The number of quaternary nitrogens is 1. The van der Waals surface area contributed by atoms with Gasteiger partial charge < -0.3 is 58.5 Å². The molecule has 4 aromatic carbocycles. The number of rotatable bonds is 22. The molecule has 0 aliphatic carbocycles. The molecule has 0 bridgehead atoms. The van der Waals surface area contributed by atoms with Gasteiger partial charge in [-0.2, -0.15) is 22.8 Å². The molecule has 28 heteroatoms. The van der Waals surface area contributed by atoms with Gasteiger partial charge in [-0.15, -0.1) is 63.1 Å². The van der Waals surface area contributed by atoms with Crippen molar-refractivity contribution in [2.24, 2.45) is 5.73 Å². The first kappa shape index (κ1) is 83.0. The molecule has 0 fully saturated rings. The molecule has 6 rings (SSSR count). The Labute approximate surface area is 641 Å². The van der Waals surface area contributed by atoms with Crippen molar-refractivity contribution < 1.29 is 283 Å². The van der Waals surface area contributed by atoms with Crippen LogP contribution in [0.15, 0.2) is 94.4 Å². The number of hydrogen-bond donors (Lipinski definition) is 3. The van der Waals surface area contributed by atoms with Gasteiger partial charge in [0, 0.05) is 61.6 Å². The molecule has 20 nitrogen and oxygen atoms in total. The van der Waals surface area contributed by atoms with Crippen LogP contribution in [-0.2, 0) is 68.1 Å². The predicted molar refractivity (Wildman–Crippen MR) is 281 cm³/mol. The average Bonchev–Trinajstić information content (AvgIpc) is 3.67. The third-order valence-electron chi connectivity index (χ3n) is 12.4. The molecule has 0 unspecified atom stereocenters. The standard InChI is InChI=1S/C46H55N4O7S2.C5H13NO2.4K.2H2O3S/c1-45(2)40(49(5)37-26-23-32-22-24-33(58(52,53)54)31-36(32)44(37)45)19-10-8-11-20-41-46(3,4)43-35-17-16-18-39(59(55,56)57)34(35)25-27-38(43)50(41)30-15-9-12-21-42(51)48-29-14-7-6-13-28-47;1-7-4-5-8-3-2-6;;;;;2*1-4(2)3/h8,10-11,17-20,23-27,31H,6-7,9,12-15,21,28-30,47H2,1-5H3,(H,48,51)(H,52,53,54)(H,55,56,57);2-6H2,1H3;;;;;2*(H2,1,2,3)/q-1;;4*+1;;/p-5. The van der Waals surface area contributed by atoms with E-state index in [1.165, 1.54) is 18.2 Å². The summed E-state index contributed by atoms with van der Waals surface area (Å²) in [6.45, 7) is 13.2. The van der Waals surface area contributed by atoms with Crippen LogP contribution in [0.2, 0.25) is 0 Å². The minimum atomic E-state index is -4.73. The topological polar surface area (TPSA) is 348 Å². The summed E-state index contributed by atoms with van der Waals surface area (Å²) in [6, 6.07) is 19.0. The second kappa shape index (κ2) is 41.2. The number of amides is 1. The Morgan fingerprint density at radius 3 is 2.01 bits per heavy atom. The van der Waals surface area contributed by atoms with Crippen LogP contribution in [0.25, 0.3) is 21.5 Å². The minimum absolute atomic E-state index is 0. The summed E-state index contributed by atoms with van der Waals surface area (Å²) in [7, 11) is -5.78. The van der Waals surface area contributed by atoms with Crippen molar-refractivity contribution in [3.8, 4) is 0 Å². The molecular formula is C51H67K4N5O15S4-2. The number of carbonyl (C=O) groups is 1. The molecule has 0 radical (unpaired) electrons. The number of nitrogens with two attached hydrogens (primary N) is 1. The summed E-state index contributed by atoms with van der Waals surface area (Å²) >= 11 is -6.22. The number of ether oxygens (including phenoxy) is 2. The van der Waals surface area contributed by atoms with E-state index in [9.17, 15) is 30.7 Å². The van der Waals surface area contributed by atoms with Crippen LogP contribution < -0.4 is 227 Å². The second-order valence-electron chi connectivity index (χ2n) is 18.3. The summed E-state index contributed by atoms with van der Waals surface area (Å²) in [5.74, 6) is 0.0744. The first-order valence-corrected chi connectivity index (χ1v) is 28.8. The molecule has 0 saturated carbocycles. The zero-order valence-corrected chi connectivity index (χ0v) is 62.8. The number of nitrogens with one attached hydrogen (secondary N) is 1. The van der Waals surface area contributed by atoms with Crippen molar-refractivity contribution in [2.45, 2.75) is 99.7 Å². The van der Waals surface area contributed by atoms with Gasteiger partial charge >= 0.3 is 206 Å². The average molecular weight is 1270 g/mol. The molecule has 2 aliphatic rings. The minimum Gasteiger partial charge on any atom is -0.784 e. The van der Waals surface area contributed by atoms with Crippen LogP contribution in [0.3, 0.4) is 0 Å². The summed E-state index contributed by atoms with van der Waals surface area (Å²) in [5.41, 5.74) is 13.6. The van der Waals surface area contributed by atoms with E-state index in [-0.39, 0.29) is 221 Å². The fourth-order valence-electron chi connectivity index (χ4n) is 9.16. The van der Waals surface area contributed by atoms with Gasteiger partial charge in [0.1, 0.15) is 7.05 Å². The number of carbonyl (C=O) groups excluding carboxylic acids is 1. The molecule has 2 aliphatic heterocycles. The Morgan fingerprint density at radius 1 is 0.785 bits per heavy atom. The van der Waals surface area contributed by atoms with Crippen molar-refractivity contribution in [3.63, 3.8) is 0 Å². The summed E-state index contributed by atoms with van der Waals surface area (Å²) in [5, 5.41) is 5.47. The number of allylic oxidation sites excluding steroid dienone is 6. The van der Waals surface area contributed by atoms with E-state index in [1.54, 1.807) is 19.2 Å². The third-order valence-corrected chi connectivity index (χ3v) is 14.1. The van der Waals surface area contributed by atoms with Gasteiger partial charge in [0.05, 0.1) is 52.0 Å². The monoisotopic (exact) mass is 1270 g/mol. The zero-order chi connectivity index (χ0) is 56.1. The molecule has 416 valence electrons. The van der Waals surface area contributed by atoms with Crippen molar-refractivity contribution >= 4 is 87.5 Å². The summed E-state index contributed by atoms with van der Waals surface area (Å²) in [6.07, 6.45) is 17.2. The molecule has 0 aromatic heterocycles. The maximum Gasteiger partial charge on any atom is 1.00 e. The fraction of sp³-hybridized carbons (Fsp3) is 0.451. The van der Waals surface area contributed by atoms with Gasteiger partial charge in [0.2, 0.25) is 5.91 Å². The van der Waals surface area contributed by atoms with E-state index in [2.05, 4.69) is 66.4 Å². The van der Waals surface area contributed by atoms with Crippen LogP contribution in [0.5, 0.6) is 0 Å². The van der Waals surface area contributed by atoms with Crippen molar-refractivity contribution in [3.05, 3.63) is 108 Å². The van der Waals surface area contributed by atoms with E-state index < -0.39 is 53.8 Å². The number of nitrogens with zero attached hydrogens (tertiary/aromatic N) is 2. The van der Waals surface area contributed by atoms with Crippen molar-refractivity contribution in [1.29, 1.82) is 0 Å². The molecule has 2 heterocycles. The van der Waals surface area contributed by atoms with E-state index in [4.69, 9.17) is 41.8 Å². The SMILES string of the molecule is COCCOCCN.C[N+]1=C(C=CC=CC=C2N(CCCCCC(=O)NCCCCCC[NH3+])c3ccc4c(S(=O)(=O)[O-])c[c-]cc4c3C2(C)C)C(C)(C)c2c1ccc1[c-]cc(S(=O)(=O)[O-])cc21.O=S([O-])[O-].O=S([O-])[O-].[K+].[K+].[K+].[K+]. The van der Waals surface area contributed by atoms with Gasteiger partial charge in [-0.1, -0.05) is 61.9 Å². The third kappa shape index (κ3) is 26.3. The smallest absolute Gasteiger partial charge is 0.784 e. The van der Waals surface area contributed by atoms with E-state index in [0.29, 0.717) is 62.0 Å². The Balaban J connectivity index is 0. The van der Waals surface area contributed by atoms with Gasteiger partial charge in [-0.05, 0) is 74.0 Å². The summed E-state index contributed by atoms with van der Waals surface area (Å²) in [4.78, 5) is 14.1. The molecule has 79 heavy (non-hydrogen) atoms. The van der Waals surface area contributed by atoms with Crippen LogP contribution in [-0.4, -0.2) is 129 Å². The molecule has 0 saturated heterocycles. The first-order valence-electron chi connectivity index (χ1n) is 24.0. The maximum absolute atomic E-state index is 12.5. The van der Waals surface area contributed by atoms with Crippen molar-refractivity contribution in [2.75, 3.05) is 65.1 Å². The van der Waals surface area contributed by atoms with Crippen LogP contribution in [0.4, 0.5) is 11.4 Å². The maximum atomic E-state index is 12.5. The van der Waals surface area contributed by atoms with Gasteiger partial charge in [-0.3, -0.25) is 21.6 Å². The number of anilines is 1. The Bertz CT molecular complexity index is 2970. The zero-order valence-electron chi connectivity index (χ0n) is 47.0. The number of unbranched alkanes of at least 4 members (excludes halogenated alkanes) is 5. The van der Waals surface area contributed by atoms with Gasteiger partial charge in [0.25, 0.3) is 0 Å². The fourth-order valence-corrected chi connectivity index (χ4v) is 10.3. The van der Waals surface area contributed by atoms with Crippen LogP contribution in [0.1, 0.15) is 90.2 Å². The molecule has 6 N–H and O–H groups in total. The number of fused-ring (bicyclic) bond motifs is 6. The van der Waals surface area contributed by atoms with Crippen molar-refractivity contribution in [1.82, 2.24) is 5.32 Å². The Hall–Kier alpha value is 1.91. The molecule has 4 aromatic rings. The molecule has 0 atom stereocenters. The van der Waals surface area contributed by atoms with E-state index in [0.717, 1.165) is 90.8 Å². The van der Waals surface area contributed by atoms with Gasteiger partial charge in [0.15, 0.2) is 11.4 Å². The second-order valence-corrected chi connectivity index (χ2v) is 21.8. The number of benzene rings is 4. The van der Waals surface area contributed by atoms with E-state index in [1.807, 2.05) is 49.6 Å². The van der Waals surface area contributed by atoms with Gasteiger partial charge in [-0.25, -0.2) is 8.42 Å². The largest absolute Gasteiger partial charge is 1.00 e. The number of hydrogen-bond acceptors (Lipinski definition) is 17. The Kier molecular flexibility index (Phi) is 43.3. The quantitative estimate of drug-likeness (QED) is 0.0125. The molecule has 1 amide bonds. The predicted octanol–water partition coefficient (Wildman–Crippen LogP) is -7.70. The Morgan fingerprint density at radius 2 is 1.42 bits per heavy atom. The molecule has 0 spiro atoms. The summed E-state index contributed by atoms with van der Waals surface area (Å²) < 4.78 is 135. The number of methoxy groups -OCH3 is 1. The normalized spacial score (nSPS) is 14.5. The van der Waals surface area contributed by atoms with E-state index >= 15 is 0 Å². The van der Waals surface area contributed by atoms with Crippen LogP contribution >= 0.6 is 0 Å². The van der Waals surface area contributed by atoms with Crippen LogP contribution in [0, 0.1) is 12.1 Å².